The SMILES string of the molecule is NCCCCCCCCCC#Cc1cccc2c1CN(C1CCC(=O)NC1=O)C2=O. The van der Waals surface area contributed by atoms with Crippen LogP contribution in [0.3, 0.4) is 0 Å². The standard InChI is InChI=1S/C24H31N3O3/c25-16-9-7-5-3-1-2-4-6-8-11-18-12-10-13-19-20(18)17-27(24(19)30)21-14-15-22(28)26-23(21)29/h10,12-13,21H,1-7,9,14-17,25H2,(H,26,28,29). The summed E-state index contributed by atoms with van der Waals surface area (Å²) in [6, 6.07) is 4.98. The predicted molar refractivity (Wildman–Crippen MR) is 115 cm³/mol. The average molecular weight is 410 g/mol. The number of rotatable bonds is 9. The van der Waals surface area contributed by atoms with Crippen LogP contribution >= 0.6 is 0 Å². The van der Waals surface area contributed by atoms with Crippen molar-refractivity contribution in [3.8, 4) is 11.8 Å². The van der Waals surface area contributed by atoms with Crippen LogP contribution in [0, 0.1) is 11.8 Å². The summed E-state index contributed by atoms with van der Waals surface area (Å²) in [5.41, 5.74) is 7.87. The van der Waals surface area contributed by atoms with Crippen LogP contribution in [0.25, 0.3) is 0 Å². The van der Waals surface area contributed by atoms with Crippen molar-refractivity contribution in [1.29, 1.82) is 0 Å². The molecule has 1 aromatic rings. The zero-order chi connectivity index (χ0) is 21.3. The zero-order valence-corrected chi connectivity index (χ0v) is 17.5. The molecule has 6 nitrogen and oxygen atoms in total. The van der Waals surface area contributed by atoms with Crippen LogP contribution in [0.15, 0.2) is 18.2 Å². The zero-order valence-electron chi connectivity index (χ0n) is 17.5. The van der Waals surface area contributed by atoms with Gasteiger partial charge in [-0.3, -0.25) is 19.7 Å². The molecule has 1 fully saturated rings. The summed E-state index contributed by atoms with van der Waals surface area (Å²) in [4.78, 5) is 38.0. The number of hydrogen-bond acceptors (Lipinski definition) is 4. The molecule has 1 aromatic carbocycles. The Morgan fingerprint density at radius 2 is 1.77 bits per heavy atom. The van der Waals surface area contributed by atoms with Crippen molar-refractivity contribution < 1.29 is 14.4 Å². The fourth-order valence-electron chi connectivity index (χ4n) is 4.10. The number of carbonyl (C=O) groups is 3. The first-order valence-corrected chi connectivity index (χ1v) is 11.1. The lowest BCUT2D eigenvalue weighted by Crippen LogP contribution is -2.52. The third-order valence-corrected chi connectivity index (χ3v) is 5.81. The Labute approximate surface area is 178 Å². The van der Waals surface area contributed by atoms with Crippen molar-refractivity contribution in [2.75, 3.05) is 6.54 Å². The number of nitrogens with one attached hydrogen (secondary N) is 1. The highest BCUT2D eigenvalue weighted by atomic mass is 16.2. The quantitative estimate of drug-likeness (QED) is 0.373. The van der Waals surface area contributed by atoms with Gasteiger partial charge in [0.05, 0.1) is 0 Å². The van der Waals surface area contributed by atoms with Crippen molar-refractivity contribution in [3.63, 3.8) is 0 Å². The summed E-state index contributed by atoms with van der Waals surface area (Å²) >= 11 is 0. The van der Waals surface area contributed by atoms with Crippen molar-refractivity contribution in [2.24, 2.45) is 5.73 Å². The second-order valence-corrected chi connectivity index (χ2v) is 8.05. The van der Waals surface area contributed by atoms with Crippen LogP contribution in [0.4, 0.5) is 0 Å². The van der Waals surface area contributed by atoms with Crippen molar-refractivity contribution in [1.82, 2.24) is 10.2 Å². The number of benzene rings is 1. The van der Waals surface area contributed by atoms with Gasteiger partial charge in [0.25, 0.3) is 5.91 Å². The number of imide groups is 1. The van der Waals surface area contributed by atoms with Crippen molar-refractivity contribution in [2.45, 2.75) is 76.8 Å². The number of nitrogens with two attached hydrogens (primary N) is 1. The lowest BCUT2D eigenvalue weighted by Gasteiger charge is -2.29. The van der Waals surface area contributed by atoms with Gasteiger partial charge < -0.3 is 10.6 Å². The van der Waals surface area contributed by atoms with Crippen LogP contribution in [0.5, 0.6) is 0 Å². The van der Waals surface area contributed by atoms with E-state index in [9.17, 15) is 14.4 Å². The minimum absolute atomic E-state index is 0.155. The molecule has 1 atom stereocenters. The van der Waals surface area contributed by atoms with E-state index >= 15 is 0 Å². The van der Waals surface area contributed by atoms with Gasteiger partial charge in [-0.25, -0.2) is 0 Å². The Hall–Kier alpha value is -2.65. The largest absolute Gasteiger partial charge is 0.330 e. The van der Waals surface area contributed by atoms with Gasteiger partial charge in [-0.05, 0) is 43.5 Å². The molecule has 2 aliphatic heterocycles. The van der Waals surface area contributed by atoms with E-state index in [-0.39, 0.29) is 24.1 Å². The van der Waals surface area contributed by atoms with E-state index in [1.165, 1.54) is 32.1 Å². The Balaban J connectivity index is 1.52. The predicted octanol–water partition coefficient (Wildman–Crippen LogP) is 2.88. The molecule has 3 amide bonds. The summed E-state index contributed by atoms with van der Waals surface area (Å²) in [6.45, 7) is 1.16. The molecule has 30 heavy (non-hydrogen) atoms. The summed E-state index contributed by atoms with van der Waals surface area (Å²) in [5.74, 6) is 5.66. The number of amides is 3. The molecule has 0 spiro atoms. The smallest absolute Gasteiger partial charge is 0.255 e. The molecule has 3 N–H and O–H groups in total. The van der Waals surface area contributed by atoms with Crippen LogP contribution in [-0.4, -0.2) is 35.2 Å². The molecule has 1 unspecified atom stereocenters. The van der Waals surface area contributed by atoms with Crippen LogP contribution in [-0.2, 0) is 16.1 Å². The molecule has 160 valence electrons. The van der Waals surface area contributed by atoms with Crippen LogP contribution in [0.2, 0.25) is 0 Å². The van der Waals surface area contributed by atoms with Gasteiger partial charge in [-0.15, -0.1) is 0 Å². The lowest BCUT2D eigenvalue weighted by atomic mass is 10.0. The molecular formula is C24H31N3O3. The van der Waals surface area contributed by atoms with Crippen LogP contribution in [0.1, 0.15) is 85.7 Å². The molecule has 0 aliphatic carbocycles. The highest BCUT2D eigenvalue weighted by molar-refractivity contribution is 6.05. The fourth-order valence-corrected chi connectivity index (χ4v) is 4.10. The first-order chi connectivity index (χ1) is 14.6. The van der Waals surface area contributed by atoms with E-state index in [2.05, 4.69) is 17.2 Å². The van der Waals surface area contributed by atoms with Gasteiger partial charge in [-0.1, -0.05) is 50.0 Å². The first kappa shape index (κ1) is 22.0. The van der Waals surface area contributed by atoms with Crippen molar-refractivity contribution in [3.05, 3.63) is 34.9 Å². The summed E-state index contributed by atoms with van der Waals surface area (Å²) in [7, 11) is 0. The second-order valence-electron chi connectivity index (χ2n) is 8.05. The van der Waals surface area contributed by atoms with Gasteiger partial charge in [0.2, 0.25) is 11.8 Å². The number of hydrogen-bond donors (Lipinski definition) is 2. The highest BCUT2D eigenvalue weighted by Crippen LogP contribution is 2.29. The van der Waals surface area contributed by atoms with E-state index in [1.54, 1.807) is 11.0 Å². The topological polar surface area (TPSA) is 92.5 Å². The normalized spacial score (nSPS) is 18.1. The molecule has 0 aromatic heterocycles. The average Bonchev–Trinajstić information content (AvgIpc) is 3.07. The van der Waals surface area contributed by atoms with Gasteiger partial charge in [0, 0.05) is 30.5 Å². The van der Waals surface area contributed by atoms with E-state index in [4.69, 9.17) is 5.73 Å². The molecule has 2 heterocycles. The van der Waals surface area contributed by atoms with Gasteiger partial charge in [-0.2, -0.15) is 0 Å². The minimum atomic E-state index is -0.590. The lowest BCUT2D eigenvalue weighted by molar-refractivity contribution is -0.136. The third kappa shape index (κ3) is 5.48. The monoisotopic (exact) mass is 409 g/mol. The third-order valence-electron chi connectivity index (χ3n) is 5.81. The summed E-state index contributed by atoms with van der Waals surface area (Å²) in [6.07, 6.45) is 9.86. The highest BCUT2D eigenvalue weighted by Gasteiger charge is 2.39. The van der Waals surface area contributed by atoms with Gasteiger partial charge in [0.1, 0.15) is 6.04 Å². The number of unbranched alkanes of at least 4 members (excludes halogenated alkanes) is 7. The Kier molecular flexibility index (Phi) is 8.04. The fraction of sp³-hybridized carbons (Fsp3) is 0.542. The Morgan fingerprint density at radius 1 is 1.03 bits per heavy atom. The maximum Gasteiger partial charge on any atom is 0.255 e. The second kappa shape index (κ2) is 10.9. The molecular weight excluding hydrogens is 378 g/mol. The Bertz CT molecular complexity index is 853. The maximum atomic E-state index is 12.8. The number of nitrogens with zero attached hydrogens (tertiary/aromatic N) is 1. The summed E-state index contributed by atoms with van der Waals surface area (Å²) < 4.78 is 0. The van der Waals surface area contributed by atoms with E-state index in [0.29, 0.717) is 18.5 Å². The van der Waals surface area contributed by atoms with E-state index in [0.717, 1.165) is 36.9 Å². The molecule has 3 rings (SSSR count). The maximum absolute atomic E-state index is 12.8. The number of fused-ring (bicyclic) bond motifs is 1. The van der Waals surface area contributed by atoms with Crippen molar-refractivity contribution >= 4 is 17.7 Å². The van der Waals surface area contributed by atoms with E-state index < -0.39 is 6.04 Å². The van der Waals surface area contributed by atoms with E-state index in [1.807, 2.05) is 12.1 Å². The molecule has 0 saturated carbocycles. The van der Waals surface area contributed by atoms with Gasteiger partial charge in [0.15, 0.2) is 0 Å². The summed E-state index contributed by atoms with van der Waals surface area (Å²) in [5, 5.41) is 2.34. The molecule has 0 radical (unpaired) electrons. The van der Waals surface area contributed by atoms with Gasteiger partial charge >= 0.3 is 0 Å². The molecule has 2 aliphatic rings. The van der Waals surface area contributed by atoms with Crippen LogP contribution < -0.4 is 11.1 Å². The minimum Gasteiger partial charge on any atom is -0.330 e. The number of piperidine rings is 1. The first-order valence-electron chi connectivity index (χ1n) is 11.1. The molecule has 0 bridgehead atoms. The molecule has 1 saturated heterocycles. The number of carbonyl (C=O) groups excluding carboxylic acids is 3. The Morgan fingerprint density at radius 3 is 2.50 bits per heavy atom. The molecule has 6 heteroatoms.